The van der Waals surface area contributed by atoms with Crippen molar-refractivity contribution in [2.45, 2.75) is 50.3 Å². The molecule has 2 aromatic rings. The normalized spacial score (nSPS) is 20.0. The number of nitrogens with zero attached hydrogens (tertiary/aromatic N) is 1. The highest BCUT2D eigenvalue weighted by Crippen LogP contribution is 2.36. The number of aromatic amines is 1. The van der Waals surface area contributed by atoms with E-state index in [1.807, 2.05) is 17.0 Å². The smallest absolute Gasteiger partial charge is 0.475 e. The lowest BCUT2D eigenvalue weighted by atomic mass is 9.84. The Morgan fingerprint density at radius 3 is 2.53 bits per heavy atom. The molecule has 176 valence electrons. The number of carbonyl (C=O) groups excluding carboxylic acids is 1. The summed E-state index contributed by atoms with van der Waals surface area (Å²) in [5.41, 5.74) is 8.91. The number of nitrogens with two attached hydrogens (primary N) is 1. The molecule has 2 aliphatic rings. The minimum absolute atomic E-state index is 0.0511. The second kappa shape index (κ2) is 10.4. The number of fused-ring (bicyclic) bond motifs is 1. The van der Waals surface area contributed by atoms with E-state index in [9.17, 15) is 18.0 Å². The number of carbonyl (C=O) groups is 2. The molecule has 1 aliphatic heterocycles. The third-order valence-electron chi connectivity index (χ3n) is 5.94. The van der Waals surface area contributed by atoms with Crippen LogP contribution >= 0.6 is 0 Å². The number of alkyl halides is 3. The Balaban J connectivity index is 0.000000360. The molecule has 2 fully saturated rings. The number of nitrogens with one attached hydrogen (secondary N) is 1. The van der Waals surface area contributed by atoms with Crippen molar-refractivity contribution in [2.75, 3.05) is 26.2 Å². The van der Waals surface area contributed by atoms with Crippen LogP contribution < -0.4 is 5.73 Å². The topological polar surface area (TPSA) is 109 Å². The lowest BCUT2D eigenvalue weighted by Gasteiger charge is -2.32. The van der Waals surface area contributed by atoms with Crippen LogP contribution in [0, 0.1) is 0 Å². The number of rotatable bonds is 3. The molecule has 1 aliphatic carbocycles. The molecule has 1 aromatic heterocycles. The fourth-order valence-corrected chi connectivity index (χ4v) is 4.26. The predicted molar refractivity (Wildman–Crippen MR) is 113 cm³/mol. The van der Waals surface area contributed by atoms with Gasteiger partial charge in [0.15, 0.2) is 0 Å². The molecule has 1 amide bonds. The summed E-state index contributed by atoms with van der Waals surface area (Å²) in [6.07, 6.45) is 3.59. The number of H-pyrrole nitrogens is 1. The number of hydrogen-bond donors (Lipinski definition) is 3. The van der Waals surface area contributed by atoms with Gasteiger partial charge in [0.2, 0.25) is 0 Å². The maximum Gasteiger partial charge on any atom is 0.490 e. The fourth-order valence-electron chi connectivity index (χ4n) is 4.26. The SMILES string of the molecule is NC[C@H]1CN(C(=O)c2ccc3c(C4CCCCC4)c[nH]c3c2)CCO1.O=C(O)C(F)(F)F. The van der Waals surface area contributed by atoms with Crippen molar-refractivity contribution in [3.8, 4) is 0 Å². The molecular formula is C22H28F3N3O4. The monoisotopic (exact) mass is 455 g/mol. The van der Waals surface area contributed by atoms with Gasteiger partial charge in [-0.3, -0.25) is 4.79 Å². The molecule has 4 rings (SSSR count). The summed E-state index contributed by atoms with van der Waals surface area (Å²) in [5.74, 6) is -2.03. The summed E-state index contributed by atoms with van der Waals surface area (Å²) in [6.45, 7) is 2.21. The Bertz CT molecular complexity index is 938. The van der Waals surface area contributed by atoms with Crippen molar-refractivity contribution in [3.05, 3.63) is 35.5 Å². The van der Waals surface area contributed by atoms with Crippen molar-refractivity contribution >= 4 is 22.8 Å². The highest BCUT2D eigenvalue weighted by Gasteiger charge is 2.38. The van der Waals surface area contributed by atoms with Gasteiger partial charge in [0.1, 0.15) is 0 Å². The van der Waals surface area contributed by atoms with Gasteiger partial charge < -0.3 is 25.5 Å². The molecule has 1 saturated heterocycles. The quantitative estimate of drug-likeness (QED) is 0.655. The molecule has 4 N–H and O–H groups in total. The van der Waals surface area contributed by atoms with Crippen LogP contribution in [0.2, 0.25) is 0 Å². The average Bonchev–Trinajstić information content (AvgIpc) is 3.22. The van der Waals surface area contributed by atoms with Crippen LogP contribution in [0.1, 0.15) is 53.9 Å². The minimum Gasteiger partial charge on any atom is -0.475 e. The number of aromatic nitrogens is 1. The molecular weight excluding hydrogens is 427 g/mol. The van der Waals surface area contributed by atoms with Gasteiger partial charge in [-0.1, -0.05) is 25.3 Å². The Morgan fingerprint density at radius 2 is 1.91 bits per heavy atom. The van der Waals surface area contributed by atoms with Crippen LogP contribution in [-0.2, 0) is 9.53 Å². The van der Waals surface area contributed by atoms with E-state index >= 15 is 0 Å². The van der Waals surface area contributed by atoms with Crippen LogP contribution in [-0.4, -0.2) is 65.4 Å². The number of amides is 1. The average molecular weight is 455 g/mol. The zero-order valence-electron chi connectivity index (χ0n) is 17.7. The van der Waals surface area contributed by atoms with E-state index in [0.29, 0.717) is 32.2 Å². The molecule has 1 atom stereocenters. The van der Waals surface area contributed by atoms with E-state index in [2.05, 4.69) is 17.2 Å². The third-order valence-corrected chi connectivity index (χ3v) is 5.94. The number of carboxylic acid groups (broad SMARTS) is 1. The second-order valence-electron chi connectivity index (χ2n) is 8.12. The van der Waals surface area contributed by atoms with E-state index in [-0.39, 0.29) is 12.0 Å². The van der Waals surface area contributed by atoms with Gasteiger partial charge in [0.25, 0.3) is 5.91 Å². The largest absolute Gasteiger partial charge is 0.490 e. The predicted octanol–water partition coefficient (Wildman–Crippen LogP) is 3.65. The zero-order valence-corrected chi connectivity index (χ0v) is 17.7. The minimum atomic E-state index is -5.08. The lowest BCUT2D eigenvalue weighted by molar-refractivity contribution is -0.192. The second-order valence-corrected chi connectivity index (χ2v) is 8.12. The molecule has 10 heteroatoms. The molecule has 2 heterocycles. The Hall–Kier alpha value is -2.59. The summed E-state index contributed by atoms with van der Waals surface area (Å²) in [6, 6.07) is 6.08. The first kappa shape index (κ1) is 24.1. The van der Waals surface area contributed by atoms with Crippen molar-refractivity contribution < 1.29 is 32.6 Å². The van der Waals surface area contributed by atoms with E-state index in [4.69, 9.17) is 20.4 Å². The number of hydrogen-bond acceptors (Lipinski definition) is 4. The summed E-state index contributed by atoms with van der Waals surface area (Å²) in [5, 5.41) is 8.39. The summed E-state index contributed by atoms with van der Waals surface area (Å²) in [7, 11) is 0. The summed E-state index contributed by atoms with van der Waals surface area (Å²) >= 11 is 0. The molecule has 1 saturated carbocycles. The number of benzene rings is 1. The number of carboxylic acids is 1. The van der Waals surface area contributed by atoms with Gasteiger partial charge in [-0.05, 0) is 36.5 Å². The first-order valence-corrected chi connectivity index (χ1v) is 10.7. The van der Waals surface area contributed by atoms with Gasteiger partial charge >= 0.3 is 12.1 Å². The molecule has 0 bridgehead atoms. The van der Waals surface area contributed by atoms with E-state index in [1.165, 1.54) is 43.1 Å². The highest BCUT2D eigenvalue weighted by atomic mass is 19.4. The van der Waals surface area contributed by atoms with Crippen LogP contribution in [0.4, 0.5) is 13.2 Å². The highest BCUT2D eigenvalue weighted by molar-refractivity contribution is 5.98. The van der Waals surface area contributed by atoms with Crippen molar-refractivity contribution in [1.29, 1.82) is 0 Å². The molecule has 32 heavy (non-hydrogen) atoms. The molecule has 1 aromatic carbocycles. The first-order valence-electron chi connectivity index (χ1n) is 10.7. The van der Waals surface area contributed by atoms with Crippen LogP contribution in [0.5, 0.6) is 0 Å². The van der Waals surface area contributed by atoms with Gasteiger partial charge in [0, 0.05) is 42.3 Å². The number of morpholine rings is 1. The number of halogens is 3. The third kappa shape index (κ3) is 5.80. The van der Waals surface area contributed by atoms with E-state index in [1.54, 1.807) is 0 Å². The summed E-state index contributed by atoms with van der Waals surface area (Å²) in [4.78, 5) is 27.0. The molecule has 0 radical (unpaired) electrons. The van der Waals surface area contributed by atoms with Crippen LogP contribution in [0.3, 0.4) is 0 Å². The van der Waals surface area contributed by atoms with Gasteiger partial charge in [-0.25, -0.2) is 4.79 Å². The molecule has 7 nitrogen and oxygen atoms in total. The van der Waals surface area contributed by atoms with Crippen molar-refractivity contribution in [3.63, 3.8) is 0 Å². The maximum atomic E-state index is 12.8. The Morgan fingerprint density at radius 1 is 1.22 bits per heavy atom. The number of ether oxygens (including phenoxy) is 1. The number of aliphatic carboxylic acids is 1. The maximum absolute atomic E-state index is 12.8. The Kier molecular flexibility index (Phi) is 7.78. The molecule has 0 unspecified atom stereocenters. The van der Waals surface area contributed by atoms with Crippen molar-refractivity contribution in [2.24, 2.45) is 5.73 Å². The lowest BCUT2D eigenvalue weighted by Crippen LogP contribution is -2.48. The Labute approximate surface area is 183 Å². The zero-order chi connectivity index (χ0) is 23.3. The van der Waals surface area contributed by atoms with E-state index < -0.39 is 12.1 Å². The van der Waals surface area contributed by atoms with Gasteiger partial charge in [0.05, 0.1) is 12.7 Å². The van der Waals surface area contributed by atoms with Crippen LogP contribution in [0.15, 0.2) is 24.4 Å². The van der Waals surface area contributed by atoms with E-state index in [0.717, 1.165) is 11.1 Å². The van der Waals surface area contributed by atoms with Crippen molar-refractivity contribution in [1.82, 2.24) is 9.88 Å². The fraction of sp³-hybridized carbons (Fsp3) is 0.545. The standard InChI is InChI=1S/C20H27N3O2.C2HF3O2/c21-11-16-13-23(8-9-25-16)20(24)15-6-7-17-18(12-22-19(17)10-15)14-4-2-1-3-5-14;3-2(4,5)1(6)7/h6-7,10,12,14,16,22H,1-5,8-9,11,13,21H2;(H,6,7)/t16-;/m0./s1. The van der Waals surface area contributed by atoms with Gasteiger partial charge in [-0.15, -0.1) is 0 Å². The first-order chi connectivity index (χ1) is 15.2. The summed E-state index contributed by atoms with van der Waals surface area (Å²) < 4.78 is 37.3. The molecule has 0 spiro atoms. The van der Waals surface area contributed by atoms with Gasteiger partial charge in [-0.2, -0.15) is 13.2 Å². The van der Waals surface area contributed by atoms with Crippen LogP contribution in [0.25, 0.3) is 10.9 Å².